The maximum atomic E-state index is 11.9. The second-order valence-electron chi connectivity index (χ2n) is 5.63. The summed E-state index contributed by atoms with van der Waals surface area (Å²) in [7, 11) is 0. The molecule has 0 bridgehead atoms. The lowest BCUT2D eigenvalue weighted by Gasteiger charge is -2.35. The summed E-state index contributed by atoms with van der Waals surface area (Å²) >= 11 is 0. The molecule has 1 rings (SSSR count). The molecule has 1 N–H and O–H groups in total. The van der Waals surface area contributed by atoms with Crippen molar-refractivity contribution in [1.29, 1.82) is 0 Å². The lowest BCUT2D eigenvalue weighted by atomic mass is 10.00. The molecule has 0 aromatic rings. The Hall–Kier alpha value is -0.570. The molecular weight excluding hydrogens is 212 g/mol. The van der Waals surface area contributed by atoms with Gasteiger partial charge in [-0.05, 0) is 38.6 Å². The van der Waals surface area contributed by atoms with Crippen LogP contribution in [0.1, 0.15) is 53.4 Å². The number of hydrogen-bond donors (Lipinski definition) is 1. The Morgan fingerprint density at radius 1 is 1.35 bits per heavy atom. The van der Waals surface area contributed by atoms with Gasteiger partial charge in [-0.1, -0.05) is 27.2 Å². The topological polar surface area (TPSA) is 32.3 Å². The van der Waals surface area contributed by atoms with Gasteiger partial charge in [-0.3, -0.25) is 9.69 Å². The zero-order valence-corrected chi connectivity index (χ0v) is 11.8. The van der Waals surface area contributed by atoms with Gasteiger partial charge in [0.25, 0.3) is 0 Å². The molecule has 0 saturated carbocycles. The molecule has 0 aromatic heterocycles. The number of carbonyl (C=O) groups is 1. The van der Waals surface area contributed by atoms with Crippen LogP contribution in [0.25, 0.3) is 0 Å². The van der Waals surface area contributed by atoms with Crippen molar-refractivity contribution >= 4 is 5.91 Å². The third kappa shape index (κ3) is 4.66. The molecule has 0 radical (unpaired) electrons. The minimum Gasteiger partial charge on any atom is -0.352 e. The molecule has 3 nitrogen and oxygen atoms in total. The predicted octanol–water partition coefficient (Wildman–Crippen LogP) is 2.41. The Morgan fingerprint density at radius 3 is 2.65 bits per heavy atom. The Labute approximate surface area is 106 Å². The van der Waals surface area contributed by atoms with Crippen LogP contribution in [0, 0.1) is 5.92 Å². The van der Waals surface area contributed by atoms with E-state index in [1.807, 2.05) is 0 Å². The van der Waals surface area contributed by atoms with Gasteiger partial charge < -0.3 is 5.32 Å². The van der Waals surface area contributed by atoms with Crippen LogP contribution in [0.15, 0.2) is 0 Å². The number of nitrogens with one attached hydrogen (secondary N) is 1. The van der Waals surface area contributed by atoms with Gasteiger partial charge in [0.15, 0.2) is 0 Å². The van der Waals surface area contributed by atoms with E-state index in [-0.39, 0.29) is 11.9 Å². The number of carbonyl (C=O) groups excluding carboxylic acids is 1. The van der Waals surface area contributed by atoms with E-state index in [2.05, 4.69) is 37.9 Å². The lowest BCUT2D eigenvalue weighted by Crippen LogP contribution is -2.47. The van der Waals surface area contributed by atoms with Gasteiger partial charge in [-0.25, -0.2) is 0 Å². The van der Waals surface area contributed by atoms with Crippen molar-refractivity contribution < 1.29 is 4.79 Å². The molecule has 1 fully saturated rings. The first-order valence-electron chi connectivity index (χ1n) is 7.08. The smallest absolute Gasteiger partial charge is 0.234 e. The summed E-state index contributed by atoms with van der Waals surface area (Å²) in [6.07, 6.45) is 4.97. The van der Waals surface area contributed by atoms with Crippen LogP contribution in [-0.2, 0) is 4.79 Å². The highest BCUT2D eigenvalue weighted by Crippen LogP contribution is 2.18. The third-order valence-electron chi connectivity index (χ3n) is 3.96. The normalized spacial score (nSPS) is 23.7. The summed E-state index contributed by atoms with van der Waals surface area (Å²) in [5, 5.41) is 3.09. The van der Waals surface area contributed by atoms with Crippen LogP contribution in [0.2, 0.25) is 0 Å². The standard InChI is InChI=1S/C14H28N2O/c1-5-13-8-6-7-9-16(13)10-14(17)15-12(4)11(2)3/h11-13H,5-10H2,1-4H3,(H,15,17). The van der Waals surface area contributed by atoms with Crippen LogP contribution in [0.5, 0.6) is 0 Å². The molecule has 1 aliphatic heterocycles. The van der Waals surface area contributed by atoms with Gasteiger partial charge in [0, 0.05) is 12.1 Å². The molecule has 0 aliphatic carbocycles. The molecular formula is C14H28N2O. The van der Waals surface area contributed by atoms with Gasteiger partial charge in [0.2, 0.25) is 5.91 Å². The van der Waals surface area contributed by atoms with Crippen molar-refractivity contribution in [2.24, 2.45) is 5.92 Å². The average Bonchev–Trinajstić information content (AvgIpc) is 2.29. The third-order valence-corrected chi connectivity index (χ3v) is 3.96. The van der Waals surface area contributed by atoms with E-state index in [1.54, 1.807) is 0 Å². The molecule has 0 aromatic carbocycles. The van der Waals surface area contributed by atoms with Gasteiger partial charge in [-0.15, -0.1) is 0 Å². The molecule has 17 heavy (non-hydrogen) atoms. The highest BCUT2D eigenvalue weighted by atomic mass is 16.2. The summed E-state index contributed by atoms with van der Waals surface area (Å²) in [5.74, 6) is 0.689. The minimum atomic E-state index is 0.187. The van der Waals surface area contributed by atoms with E-state index in [1.165, 1.54) is 19.3 Å². The number of amides is 1. The first kappa shape index (κ1) is 14.5. The minimum absolute atomic E-state index is 0.187. The highest BCUT2D eigenvalue weighted by Gasteiger charge is 2.23. The second-order valence-corrected chi connectivity index (χ2v) is 5.63. The van der Waals surface area contributed by atoms with Crippen molar-refractivity contribution in [1.82, 2.24) is 10.2 Å². The average molecular weight is 240 g/mol. The summed E-state index contributed by atoms with van der Waals surface area (Å²) < 4.78 is 0. The molecule has 2 unspecified atom stereocenters. The molecule has 100 valence electrons. The van der Waals surface area contributed by atoms with Crippen molar-refractivity contribution in [2.75, 3.05) is 13.1 Å². The number of nitrogens with zero attached hydrogens (tertiary/aromatic N) is 1. The zero-order chi connectivity index (χ0) is 12.8. The number of piperidine rings is 1. The van der Waals surface area contributed by atoms with E-state index in [0.717, 1.165) is 13.0 Å². The van der Waals surface area contributed by atoms with Crippen molar-refractivity contribution in [3.63, 3.8) is 0 Å². The molecule has 1 saturated heterocycles. The maximum absolute atomic E-state index is 11.9. The summed E-state index contributed by atoms with van der Waals surface area (Å²) in [6.45, 7) is 10.2. The quantitative estimate of drug-likeness (QED) is 0.800. The van der Waals surface area contributed by atoms with Crippen molar-refractivity contribution in [3.8, 4) is 0 Å². The van der Waals surface area contributed by atoms with Gasteiger partial charge in [0.1, 0.15) is 0 Å². The SMILES string of the molecule is CCC1CCCCN1CC(=O)NC(C)C(C)C. The second kappa shape index (κ2) is 7.00. The summed E-state index contributed by atoms with van der Waals surface area (Å²) in [4.78, 5) is 14.3. The van der Waals surface area contributed by atoms with E-state index < -0.39 is 0 Å². The molecule has 1 amide bonds. The molecule has 0 spiro atoms. The van der Waals surface area contributed by atoms with Crippen LogP contribution in [0.4, 0.5) is 0 Å². The van der Waals surface area contributed by atoms with Crippen molar-refractivity contribution in [3.05, 3.63) is 0 Å². The van der Waals surface area contributed by atoms with E-state index >= 15 is 0 Å². The van der Waals surface area contributed by atoms with E-state index in [4.69, 9.17) is 0 Å². The fourth-order valence-electron chi connectivity index (χ4n) is 2.38. The predicted molar refractivity (Wildman–Crippen MR) is 71.9 cm³/mol. The zero-order valence-electron chi connectivity index (χ0n) is 11.8. The largest absolute Gasteiger partial charge is 0.352 e. The van der Waals surface area contributed by atoms with E-state index in [0.29, 0.717) is 18.5 Å². The van der Waals surface area contributed by atoms with Crippen LogP contribution in [0.3, 0.4) is 0 Å². The first-order chi connectivity index (χ1) is 8.04. The summed E-state index contributed by atoms with van der Waals surface area (Å²) in [6, 6.07) is 0.885. The molecule has 2 atom stereocenters. The molecule has 3 heteroatoms. The number of rotatable bonds is 5. The Kier molecular flexibility index (Phi) is 5.96. The Balaban J connectivity index is 2.38. The Bertz CT molecular complexity index is 240. The molecule has 1 heterocycles. The summed E-state index contributed by atoms with van der Waals surface area (Å²) in [5.41, 5.74) is 0. The van der Waals surface area contributed by atoms with Crippen LogP contribution >= 0.6 is 0 Å². The fourth-order valence-corrected chi connectivity index (χ4v) is 2.38. The number of likely N-dealkylation sites (tertiary alicyclic amines) is 1. The molecule has 1 aliphatic rings. The van der Waals surface area contributed by atoms with Crippen LogP contribution in [-0.4, -0.2) is 36.0 Å². The van der Waals surface area contributed by atoms with E-state index in [9.17, 15) is 4.79 Å². The monoisotopic (exact) mass is 240 g/mol. The fraction of sp³-hybridized carbons (Fsp3) is 0.929. The highest BCUT2D eigenvalue weighted by molar-refractivity contribution is 5.78. The first-order valence-corrected chi connectivity index (χ1v) is 7.08. The van der Waals surface area contributed by atoms with Gasteiger partial charge in [0.05, 0.1) is 6.54 Å². The van der Waals surface area contributed by atoms with Gasteiger partial charge >= 0.3 is 0 Å². The van der Waals surface area contributed by atoms with Crippen molar-refractivity contribution in [2.45, 2.75) is 65.5 Å². The Morgan fingerprint density at radius 2 is 2.06 bits per heavy atom. The van der Waals surface area contributed by atoms with Crippen LogP contribution < -0.4 is 5.32 Å². The van der Waals surface area contributed by atoms with Gasteiger partial charge in [-0.2, -0.15) is 0 Å². The number of hydrogen-bond acceptors (Lipinski definition) is 2. The maximum Gasteiger partial charge on any atom is 0.234 e. The lowest BCUT2D eigenvalue weighted by molar-refractivity contribution is -0.124.